The number of nitrogens with zero attached hydrogens (tertiary/aromatic N) is 1. The number of rotatable bonds is 5. The first-order valence-corrected chi connectivity index (χ1v) is 6.58. The van der Waals surface area contributed by atoms with Crippen LogP contribution >= 0.6 is 0 Å². The monoisotopic (exact) mass is 260 g/mol. The van der Waals surface area contributed by atoms with Gasteiger partial charge in [0.15, 0.2) is 0 Å². The Kier molecular flexibility index (Phi) is 3.51. The molecule has 0 saturated carbocycles. The molecule has 1 aliphatic rings. The lowest BCUT2D eigenvalue weighted by Crippen LogP contribution is -2.30. The molecule has 3 nitrogen and oxygen atoms in total. The van der Waals surface area contributed by atoms with Crippen molar-refractivity contribution in [3.63, 3.8) is 0 Å². The van der Waals surface area contributed by atoms with E-state index in [1.165, 1.54) is 5.56 Å². The van der Waals surface area contributed by atoms with Crippen LogP contribution in [-0.4, -0.2) is 19.6 Å². The van der Waals surface area contributed by atoms with E-state index in [4.69, 9.17) is 4.42 Å². The molecule has 0 atom stereocenters. The Balaban J connectivity index is 1.51. The van der Waals surface area contributed by atoms with Gasteiger partial charge in [-0.1, -0.05) is 6.07 Å². The molecule has 0 aliphatic carbocycles. The Labute approximate surface area is 112 Å². The third kappa shape index (κ3) is 2.79. The van der Waals surface area contributed by atoms with E-state index in [0.29, 0.717) is 0 Å². The molecule has 1 aliphatic heterocycles. The van der Waals surface area contributed by atoms with Crippen molar-refractivity contribution in [1.82, 2.24) is 5.32 Å². The van der Waals surface area contributed by atoms with Crippen LogP contribution in [0.3, 0.4) is 0 Å². The van der Waals surface area contributed by atoms with Crippen LogP contribution in [0.4, 0.5) is 10.1 Å². The van der Waals surface area contributed by atoms with Gasteiger partial charge in [0.05, 0.1) is 12.5 Å². The van der Waals surface area contributed by atoms with Gasteiger partial charge in [0.1, 0.15) is 5.82 Å². The Hall–Kier alpha value is -1.81. The Morgan fingerprint density at radius 2 is 2.26 bits per heavy atom. The van der Waals surface area contributed by atoms with Crippen LogP contribution in [0.25, 0.3) is 0 Å². The minimum Gasteiger partial charge on any atom is -0.472 e. The molecule has 2 aromatic rings. The van der Waals surface area contributed by atoms with Gasteiger partial charge in [0, 0.05) is 37.4 Å². The minimum absolute atomic E-state index is 0.156. The maximum absolute atomic E-state index is 13.3. The second-order valence-electron chi connectivity index (χ2n) is 4.82. The molecule has 0 amide bonds. The summed E-state index contributed by atoms with van der Waals surface area (Å²) in [5, 5.41) is 3.36. The maximum Gasteiger partial charge on any atom is 0.125 e. The molecule has 1 N–H and O–H groups in total. The molecule has 0 bridgehead atoms. The zero-order valence-corrected chi connectivity index (χ0v) is 10.7. The van der Waals surface area contributed by atoms with Crippen molar-refractivity contribution in [1.29, 1.82) is 0 Å². The van der Waals surface area contributed by atoms with E-state index >= 15 is 0 Å². The Morgan fingerprint density at radius 3 is 3.11 bits per heavy atom. The Morgan fingerprint density at radius 1 is 1.32 bits per heavy atom. The highest BCUT2D eigenvalue weighted by Crippen LogP contribution is 2.28. The lowest BCUT2D eigenvalue weighted by molar-refractivity contribution is 0.560. The molecule has 1 aromatic heterocycles. The summed E-state index contributed by atoms with van der Waals surface area (Å²) in [7, 11) is 0. The number of nitrogens with one attached hydrogen (secondary N) is 1. The van der Waals surface area contributed by atoms with Crippen molar-refractivity contribution in [2.75, 3.05) is 24.5 Å². The second kappa shape index (κ2) is 5.45. The Bertz CT molecular complexity index is 539. The first kappa shape index (κ1) is 12.2. The molecule has 0 fully saturated rings. The normalized spacial score (nSPS) is 13.8. The van der Waals surface area contributed by atoms with Crippen LogP contribution in [0, 0.1) is 5.82 Å². The predicted molar refractivity (Wildman–Crippen MR) is 72.7 cm³/mol. The van der Waals surface area contributed by atoms with Gasteiger partial charge in [0.25, 0.3) is 0 Å². The highest BCUT2D eigenvalue weighted by molar-refractivity contribution is 5.58. The van der Waals surface area contributed by atoms with Gasteiger partial charge in [-0.15, -0.1) is 0 Å². The van der Waals surface area contributed by atoms with Gasteiger partial charge in [-0.2, -0.15) is 0 Å². The molecule has 4 heteroatoms. The van der Waals surface area contributed by atoms with Crippen molar-refractivity contribution < 1.29 is 8.81 Å². The first-order chi connectivity index (χ1) is 9.33. The van der Waals surface area contributed by atoms with E-state index in [1.54, 1.807) is 24.7 Å². The fourth-order valence-corrected chi connectivity index (χ4v) is 2.49. The summed E-state index contributed by atoms with van der Waals surface area (Å²) in [5.74, 6) is -0.156. The molecule has 0 unspecified atom stereocenters. The van der Waals surface area contributed by atoms with Gasteiger partial charge >= 0.3 is 0 Å². The van der Waals surface area contributed by atoms with Crippen LogP contribution in [0.2, 0.25) is 0 Å². The van der Waals surface area contributed by atoms with Gasteiger partial charge in [-0.25, -0.2) is 4.39 Å². The number of fused-ring (bicyclic) bond motifs is 1. The fraction of sp³-hybridized carbons (Fsp3) is 0.333. The standard InChI is InChI=1S/C15H17FN2O/c16-14-2-1-13-3-6-18(15(13)9-14)7-5-17-10-12-4-8-19-11-12/h1-2,4,8-9,11,17H,3,5-7,10H2. The van der Waals surface area contributed by atoms with Gasteiger partial charge in [0.2, 0.25) is 0 Å². The molecule has 100 valence electrons. The summed E-state index contributed by atoms with van der Waals surface area (Å²) in [6, 6.07) is 7.02. The predicted octanol–water partition coefficient (Wildman–Crippen LogP) is 2.57. The third-order valence-electron chi connectivity index (χ3n) is 3.51. The topological polar surface area (TPSA) is 28.4 Å². The molecule has 3 rings (SSSR count). The lowest BCUT2D eigenvalue weighted by Gasteiger charge is -2.19. The molecular formula is C15H17FN2O. The average Bonchev–Trinajstić information content (AvgIpc) is 3.04. The molecular weight excluding hydrogens is 243 g/mol. The molecule has 2 heterocycles. The van der Waals surface area contributed by atoms with E-state index in [9.17, 15) is 4.39 Å². The SMILES string of the molecule is Fc1ccc2c(c1)N(CCNCc1ccoc1)CC2. The zero-order valence-electron chi connectivity index (χ0n) is 10.7. The quantitative estimate of drug-likeness (QED) is 0.838. The van der Waals surface area contributed by atoms with Crippen LogP contribution < -0.4 is 10.2 Å². The van der Waals surface area contributed by atoms with Crippen molar-refractivity contribution in [2.24, 2.45) is 0 Å². The molecule has 19 heavy (non-hydrogen) atoms. The summed E-state index contributed by atoms with van der Waals surface area (Å²) in [5.41, 5.74) is 3.44. The highest BCUT2D eigenvalue weighted by Gasteiger charge is 2.18. The largest absolute Gasteiger partial charge is 0.472 e. The van der Waals surface area contributed by atoms with E-state index in [1.807, 2.05) is 12.1 Å². The summed E-state index contributed by atoms with van der Waals surface area (Å²) in [4.78, 5) is 2.24. The summed E-state index contributed by atoms with van der Waals surface area (Å²) >= 11 is 0. The first-order valence-electron chi connectivity index (χ1n) is 6.58. The summed E-state index contributed by atoms with van der Waals surface area (Å²) in [6.45, 7) is 3.56. The van der Waals surface area contributed by atoms with Crippen LogP contribution in [-0.2, 0) is 13.0 Å². The minimum atomic E-state index is -0.156. The molecule has 0 radical (unpaired) electrons. The zero-order chi connectivity index (χ0) is 13.1. The summed E-state index contributed by atoms with van der Waals surface area (Å²) < 4.78 is 18.3. The number of benzene rings is 1. The van der Waals surface area contributed by atoms with E-state index < -0.39 is 0 Å². The number of anilines is 1. The highest BCUT2D eigenvalue weighted by atomic mass is 19.1. The number of furan rings is 1. The number of hydrogen-bond acceptors (Lipinski definition) is 3. The fourth-order valence-electron chi connectivity index (χ4n) is 2.49. The average molecular weight is 260 g/mol. The lowest BCUT2D eigenvalue weighted by atomic mass is 10.2. The van der Waals surface area contributed by atoms with Crippen molar-refractivity contribution in [3.8, 4) is 0 Å². The van der Waals surface area contributed by atoms with E-state index in [-0.39, 0.29) is 5.82 Å². The molecule has 0 saturated heterocycles. The smallest absolute Gasteiger partial charge is 0.125 e. The molecule has 1 aromatic carbocycles. The number of halogens is 1. The molecule has 0 spiro atoms. The van der Waals surface area contributed by atoms with Crippen LogP contribution in [0.15, 0.2) is 41.2 Å². The maximum atomic E-state index is 13.3. The van der Waals surface area contributed by atoms with Crippen molar-refractivity contribution >= 4 is 5.69 Å². The van der Waals surface area contributed by atoms with Crippen LogP contribution in [0.5, 0.6) is 0 Å². The van der Waals surface area contributed by atoms with Gasteiger partial charge < -0.3 is 14.6 Å². The number of hydrogen-bond donors (Lipinski definition) is 1. The summed E-state index contributed by atoms with van der Waals surface area (Å²) in [6.07, 6.45) is 4.43. The van der Waals surface area contributed by atoms with E-state index in [0.717, 1.165) is 43.9 Å². The van der Waals surface area contributed by atoms with Gasteiger partial charge in [-0.3, -0.25) is 0 Å². The van der Waals surface area contributed by atoms with E-state index in [2.05, 4.69) is 10.2 Å². The second-order valence-corrected chi connectivity index (χ2v) is 4.82. The third-order valence-corrected chi connectivity index (χ3v) is 3.51. The van der Waals surface area contributed by atoms with Crippen LogP contribution in [0.1, 0.15) is 11.1 Å². The van der Waals surface area contributed by atoms with Crippen molar-refractivity contribution in [3.05, 3.63) is 53.7 Å². The van der Waals surface area contributed by atoms with Crippen molar-refractivity contribution in [2.45, 2.75) is 13.0 Å². The van der Waals surface area contributed by atoms with Gasteiger partial charge in [-0.05, 0) is 30.2 Å².